The summed E-state index contributed by atoms with van der Waals surface area (Å²) in [5.74, 6) is 5.32. The Morgan fingerprint density at radius 1 is 1.45 bits per heavy atom. The van der Waals surface area contributed by atoms with Crippen LogP contribution in [0.3, 0.4) is 0 Å². The van der Waals surface area contributed by atoms with Gasteiger partial charge in [0.1, 0.15) is 0 Å². The molecule has 5 heteroatoms. The van der Waals surface area contributed by atoms with E-state index in [1.807, 2.05) is 0 Å². The van der Waals surface area contributed by atoms with Gasteiger partial charge in [-0.3, -0.25) is 5.84 Å². The second-order valence-corrected chi connectivity index (χ2v) is 2.85. The number of alkyl halides is 3. The number of rotatable bonds is 1. The first-order chi connectivity index (χ1) is 4.99. The zero-order valence-electron chi connectivity index (χ0n) is 6.06. The summed E-state index contributed by atoms with van der Waals surface area (Å²) in [4.78, 5) is 0. The highest BCUT2D eigenvalue weighted by molar-refractivity contribution is 4.77. The molecular formula is C6H11F3N2. The standard InChI is InChI=1S/C6H11F3N2/c7-6(8,9)4-5-2-1-3-11(5)10/h5H,1-4,10H2. The van der Waals surface area contributed by atoms with Crippen LogP contribution in [0.25, 0.3) is 0 Å². The molecule has 0 spiro atoms. The lowest BCUT2D eigenvalue weighted by atomic mass is 10.1. The van der Waals surface area contributed by atoms with Crippen LogP contribution < -0.4 is 5.84 Å². The molecule has 66 valence electrons. The zero-order valence-corrected chi connectivity index (χ0v) is 6.06. The Morgan fingerprint density at radius 2 is 2.09 bits per heavy atom. The fourth-order valence-corrected chi connectivity index (χ4v) is 1.34. The minimum atomic E-state index is -4.08. The van der Waals surface area contributed by atoms with Crippen molar-refractivity contribution >= 4 is 0 Å². The highest BCUT2D eigenvalue weighted by atomic mass is 19.4. The van der Waals surface area contributed by atoms with Crippen LogP contribution in [0.4, 0.5) is 13.2 Å². The Hall–Kier alpha value is -0.290. The summed E-state index contributed by atoms with van der Waals surface area (Å²) in [5.41, 5.74) is 0. The summed E-state index contributed by atoms with van der Waals surface area (Å²) in [6.07, 6.45) is -3.51. The average molecular weight is 168 g/mol. The molecule has 1 aliphatic rings. The van der Waals surface area contributed by atoms with Gasteiger partial charge in [0.05, 0.1) is 6.42 Å². The molecule has 0 aliphatic carbocycles. The highest BCUT2D eigenvalue weighted by Crippen LogP contribution is 2.27. The number of nitrogens with zero attached hydrogens (tertiary/aromatic N) is 1. The Labute approximate surface area is 63.1 Å². The molecule has 0 radical (unpaired) electrons. The summed E-state index contributed by atoms with van der Waals surface area (Å²) < 4.78 is 35.4. The Morgan fingerprint density at radius 3 is 2.45 bits per heavy atom. The lowest BCUT2D eigenvalue weighted by Crippen LogP contribution is -2.38. The van der Waals surface area contributed by atoms with E-state index in [1.54, 1.807) is 0 Å². The third-order valence-corrected chi connectivity index (χ3v) is 1.89. The molecule has 1 rings (SSSR count). The number of hydrogen-bond acceptors (Lipinski definition) is 2. The lowest BCUT2D eigenvalue weighted by Gasteiger charge is -2.19. The fraction of sp³-hybridized carbons (Fsp3) is 1.00. The van der Waals surface area contributed by atoms with Gasteiger partial charge in [-0.2, -0.15) is 13.2 Å². The monoisotopic (exact) mass is 168 g/mol. The minimum Gasteiger partial charge on any atom is -0.269 e. The molecule has 0 aromatic heterocycles. The predicted molar refractivity (Wildman–Crippen MR) is 34.6 cm³/mol. The molecule has 1 heterocycles. The van der Waals surface area contributed by atoms with E-state index in [2.05, 4.69) is 0 Å². The quantitative estimate of drug-likeness (QED) is 0.597. The molecular weight excluding hydrogens is 157 g/mol. The first kappa shape index (κ1) is 8.80. The van der Waals surface area contributed by atoms with Crippen LogP contribution in [0.1, 0.15) is 19.3 Å². The van der Waals surface area contributed by atoms with Crippen molar-refractivity contribution in [2.45, 2.75) is 31.5 Å². The summed E-state index contributed by atoms with van der Waals surface area (Å²) in [7, 11) is 0. The van der Waals surface area contributed by atoms with Crippen LogP contribution in [-0.2, 0) is 0 Å². The van der Waals surface area contributed by atoms with Gasteiger partial charge < -0.3 is 0 Å². The second-order valence-electron chi connectivity index (χ2n) is 2.85. The maximum atomic E-state index is 11.8. The van der Waals surface area contributed by atoms with Gasteiger partial charge in [0.2, 0.25) is 0 Å². The van der Waals surface area contributed by atoms with Gasteiger partial charge in [0.25, 0.3) is 0 Å². The molecule has 0 aromatic rings. The molecule has 1 atom stereocenters. The van der Waals surface area contributed by atoms with Gasteiger partial charge in [-0.05, 0) is 12.8 Å². The van der Waals surface area contributed by atoms with Crippen molar-refractivity contribution in [2.75, 3.05) is 6.54 Å². The number of hydrogen-bond donors (Lipinski definition) is 1. The third-order valence-electron chi connectivity index (χ3n) is 1.89. The van der Waals surface area contributed by atoms with Crippen LogP contribution >= 0.6 is 0 Å². The second kappa shape index (κ2) is 2.98. The van der Waals surface area contributed by atoms with Crippen molar-refractivity contribution in [3.8, 4) is 0 Å². The van der Waals surface area contributed by atoms with E-state index in [4.69, 9.17) is 5.84 Å². The number of hydrazine groups is 1. The van der Waals surface area contributed by atoms with Crippen molar-refractivity contribution in [1.29, 1.82) is 0 Å². The summed E-state index contributed by atoms with van der Waals surface area (Å²) in [6, 6.07) is -0.491. The SMILES string of the molecule is NN1CCCC1CC(F)(F)F. The summed E-state index contributed by atoms with van der Waals surface area (Å²) >= 11 is 0. The van der Waals surface area contributed by atoms with Crippen molar-refractivity contribution < 1.29 is 13.2 Å². The van der Waals surface area contributed by atoms with E-state index in [0.717, 1.165) is 6.42 Å². The summed E-state index contributed by atoms with van der Waals surface area (Å²) in [6.45, 7) is 0.584. The molecule has 1 saturated heterocycles. The minimum absolute atomic E-state index is 0.491. The first-order valence-corrected chi connectivity index (χ1v) is 3.57. The van der Waals surface area contributed by atoms with E-state index in [9.17, 15) is 13.2 Å². The Bertz CT molecular complexity index is 134. The largest absolute Gasteiger partial charge is 0.390 e. The van der Waals surface area contributed by atoms with Crippen LogP contribution in [-0.4, -0.2) is 23.8 Å². The van der Waals surface area contributed by atoms with Gasteiger partial charge in [0.15, 0.2) is 0 Å². The summed E-state index contributed by atoms with van der Waals surface area (Å²) in [5, 5.41) is 1.29. The van der Waals surface area contributed by atoms with E-state index in [0.29, 0.717) is 13.0 Å². The number of nitrogens with two attached hydrogens (primary N) is 1. The predicted octanol–water partition coefficient (Wildman–Crippen LogP) is 1.28. The molecule has 0 amide bonds. The third kappa shape index (κ3) is 2.67. The molecule has 0 saturated carbocycles. The highest BCUT2D eigenvalue weighted by Gasteiger charge is 2.35. The molecule has 0 bridgehead atoms. The smallest absolute Gasteiger partial charge is 0.269 e. The Balaban J connectivity index is 2.37. The van der Waals surface area contributed by atoms with E-state index < -0.39 is 18.6 Å². The van der Waals surface area contributed by atoms with Crippen LogP contribution in [0.5, 0.6) is 0 Å². The zero-order chi connectivity index (χ0) is 8.48. The van der Waals surface area contributed by atoms with Gasteiger partial charge in [-0.1, -0.05) is 0 Å². The van der Waals surface area contributed by atoms with Gasteiger partial charge in [0, 0.05) is 12.6 Å². The normalized spacial score (nSPS) is 27.8. The van der Waals surface area contributed by atoms with Gasteiger partial charge in [-0.15, -0.1) is 0 Å². The first-order valence-electron chi connectivity index (χ1n) is 3.57. The molecule has 11 heavy (non-hydrogen) atoms. The van der Waals surface area contributed by atoms with Gasteiger partial charge in [-0.25, -0.2) is 5.01 Å². The number of halogens is 3. The van der Waals surface area contributed by atoms with Crippen LogP contribution in [0.15, 0.2) is 0 Å². The van der Waals surface area contributed by atoms with E-state index in [-0.39, 0.29) is 0 Å². The van der Waals surface area contributed by atoms with E-state index >= 15 is 0 Å². The topological polar surface area (TPSA) is 29.3 Å². The molecule has 1 aliphatic heterocycles. The fourth-order valence-electron chi connectivity index (χ4n) is 1.34. The molecule has 1 unspecified atom stereocenters. The van der Waals surface area contributed by atoms with Crippen molar-refractivity contribution in [1.82, 2.24) is 5.01 Å². The van der Waals surface area contributed by atoms with E-state index in [1.165, 1.54) is 5.01 Å². The van der Waals surface area contributed by atoms with Crippen molar-refractivity contribution in [3.63, 3.8) is 0 Å². The average Bonchev–Trinajstić information content (AvgIpc) is 2.12. The maximum Gasteiger partial charge on any atom is 0.390 e. The van der Waals surface area contributed by atoms with Crippen molar-refractivity contribution in [3.05, 3.63) is 0 Å². The molecule has 2 N–H and O–H groups in total. The lowest BCUT2D eigenvalue weighted by molar-refractivity contribution is -0.145. The van der Waals surface area contributed by atoms with Crippen molar-refractivity contribution in [2.24, 2.45) is 5.84 Å². The molecule has 0 aromatic carbocycles. The van der Waals surface area contributed by atoms with Gasteiger partial charge >= 0.3 is 6.18 Å². The molecule has 2 nitrogen and oxygen atoms in total. The van der Waals surface area contributed by atoms with Crippen LogP contribution in [0, 0.1) is 0 Å². The Kier molecular flexibility index (Phi) is 2.39. The molecule has 1 fully saturated rings. The van der Waals surface area contributed by atoms with Crippen LogP contribution in [0.2, 0.25) is 0 Å². The maximum absolute atomic E-state index is 11.8.